The second-order valence-electron chi connectivity index (χ2n) is 7.04. The van der Waals surface area contributed by atoms with Crippen LogP contribution in [0.2, 0.25) is 0 Å². The number of sulfonamides is 1. The van der Waals surface area contributed by atoms with Gasteiger partial charge in [-0.2, -0.15) is 4.31 Å². The maximum atomic E-state index is 12.6. The van der Waals surface area contributed by atoms with E-state index >= 15 is 0 Å². The van der Waals surface area contributed by atoms with E-state index in [0.717, 1.165) is 19.3 Å². The first kappa shape index (κ1) is 22.9. The fourth-order valence-corrected chi connectivity index (χ4v) is 4.66. The molecule has 1 aromatic carbocycles. The molecule has 0 radical (unpaired) electrons. The number of nitrogens with one attached hydrogen (secondary N) is 1. The van der Waals surface area contributed by atoms with Crippen LogP contribution in [0.15, 0.2) is 35.2 Å². The van der Waals surface area contributed by atoms with Gasteiger partial charge in [0.1, 0.15) is 0 Å². The number of benzene rings is 1. The topological polar surface area (TPSA) is 92.5 Å². The quantitative estimate of drug-likeness (QED) is 0.729. The third-order valence-electron chi connectivity index (χ3n) is 4.79. The van der Waals surface area contributed by atoms with Gasteiger partial charge in [0.15, 0.2) is 0 Å². The predicted molar refractivity (Wildman–Crippen MR) is 106 cm³/mol. The minimum atomic E-state index is -3.42. The third kappa shape index (κ3) is 5.67. The van der Waals surface area contributed by atoms with E-state index < -0.39 is 15.6 Å². The Morgan fingerprint density at radius 1 is 1.27 bits per heavy atom. The number of amides is 1. The Hall–Kier alpha value is -1.15. The van der Waals surface area contributed by atoms with Crippen LogP contribution in [0, 0.1) is 5.92 Å². The summed E-state index contributed by atoms with van der Waals surface area (Å²) in [4.78, 5) is 12.5. The van der Waals surface area contributed by atoms with Crippen LogP contribution in [-0.4, -0.2) is 43.8 Å². The van der Waals surface area contributed by atoms with Crippen LogP contribution in [0.25, 0.3) is 0 Å². The molecule has 1 unspecified atom stereocenters. The second-order valence-corrected chi connectivity index (χ2v) is 8.98. The van der Waals surface area contributed by atoms with Crippen molar-refractivity contribution in [1.29, 1.82) is 0 Å². The Bertz CT molecular complexity index is 672. The zero-order valence-corrected chi connectivity index (χ0v) is 17.1. The van der Waals surface area contributed by atoms with Crippen LogP contribution in [0.1, 0.15) is 39.5 Å². The predicted octanol–water partition coefficient (Wildman–Crippen LogP) is 2.14. The van der Waals surface area contributed by atoms with Gasteiger partial charge in [0, 0.05) is 19.6 Å². The van der Waals surface area contributed by atoms with Crippen LogP contribution in [0.5, 0.6) is 0 Å². The fourth-order valence-electron chi connectivity index (χ4n) is 3.17. The van der Waals surface area contributed by atoms with Gasteiger partial charge < -0.3 is 11.1 Å². The van der Waals surface area contributed by atoms with Crippen molar-refractivity contribution in [2.24, 2.45) is 11.7 Å². The average molecular weight is 404 g/mol. The van der Waals surface area contributed by atoms with E-state index in [2.05, 4.69) is 5.32 Å². The Kier molecular flexibility index (Phi) is 8.53. The highest BCUT2D eigenvalue weighted by Crippen LogP contribution is 2.23. The van der Waals surface area contributed by atoms with Crippen LogP contribution in [0.3, 0.4) is 0 Å². The summed E-state index contributed by atoms with van der Waals surface area (Å²) in [5.41, 5.74) is 5.19. The highest BCUT2D eigenvalue weighted by Gasteiger charge is 2.31. The van der Waals surface area contributed by atoms with Gasteiger partial charge in [-0.1, -0.05) is 31.5 Å². The molecule has 0 aliphatic carbocycles. The van der Waals surface area contributed by atoms with Gasteiger partial charge in [0.25, 0.3) is 0 Å². The molecule has 2 rings (SSSR count). The Morgan fingerprint density at radius 3 is 2.38 bits per heavy atom. The molecule has 148 valence electrons. The van der Waals surface area contributed by atoms with Crippen LogP contribution in [-0.2, 0) is 14.8 Å². The lowest BCUT2D eigenvalue weighted by molar-refractivity contribution is -0.126. The first-order valence-electron chi connectivity index (χ1n) is 8.89. The van der Waals surface area contributed by atoms with E-state index in [-0.39, 0.29) is 24.2 Å². The van der Waals surface area contributed by atoms with Crippen molar-refractivity contribution >= 4 is 28.3 Å². The summed E-state index contributed by atoms with van der Waals surface area (Å²) in [5, 5.41) is 2.93. The van der Waals surface area contributed by atoms with E-state index in [1.54, 1.807) is 37.3 Å². The number of carbonyl (C=O) groups excluding carboxylic acids is 1. The minimum Gasteiger partial charge on any atom is -0.354 e. The second kappa shape index (κ2) is 9.69. The molecular formula is C18H30ClN3O3S. The molecule has 0 saturated carbocycles. The summed E-state index contributed by atoms with van der Waals surface area (Å²) in [6.07, 6.45) is 2.98. The summed E-state index contributed by atoms with van der Waals surface area (Å²) < 4.78 is 26.7. The monoisotopic (exact) mass is 403 g/mol. The fraction of sp³-hybridized carbons (Fsp3) is 0.611. The number of carbonyl (C=O) groups is 1. The van der Waals surface area contributed by atoms with Gasteiger partial charge in [-0.3, -0.25) is 4.79 Å². The SMILES string of the molecule is CCCC(C)(N)C(=O)NCC1CCN(S(=O)(=O)c2ccccc2)CC1.Cl. The van der Waals surface area contributed by atoms with Crippen molar-refractivity contribution in [1.82, 2.24) is 9.62 Å². The standard InChI is InChI=1S/C18H29N3O3S.ClH/c1-3-11-18(2,19)17(22)20-14-15-9-12-21(13-10-15)25(23,24)16-7-5-4-6-8-16;/h4-8,15H,3,9-14,19H2,1-2H3,(H,20,22);1H. The summed E-state index contributed by atoms with van der Waals surface area (Å²) in [7, 11) is -3.42. The molecule has 1 fully saturated rings. The van der Waals surface area contributed by atoms with Gasteiger partial charge in [-0.15, -0.1) is 12.4 Å². The van der Waals surface area contributed by atoms with E-state index in [9.17, 15) is 13.2 Å². The molecule has 1 aliphatic heterocycles. The molecule has 0 spiro atoms. The highest BCUT2D eigenvalue weighted by atomic mass is 35.5. The zero-order chi connectivity index (χ0) is 18.5. The number of halogens is 1. The summed E-state index contributed by atoms with van der Waals surface area (Å²) in [6, 6.07) is 8.51. The average Bonchev–Trinajstić information content (AvgIpc) is 2.60. The Balaban J connectivity index is 0.00000338. The zero-order valence-electron chi connectivity index (χ0n) is 15.5. The normalized spacial score (nSPS) is 18.6. The molecule has 1 atom stereocenters. The van der Waals surface area contributed by atoms with Crippen molar-refractivity contribution < 1.29 is 13.2 Å². The molecule has 1 aromatic rings. The smallest absolute Gasteiger partial charge is 0.243 e. The van der Waals surface area contributed by atoms with Crippen molar-refractivity contribution in [2.45, 2.75) is 50.0 Å². The first-order valence-corrected chi connectivity index (χ1v) is 10.3. The summed E-state index contributed by atoms with van der Waals surface area (Å²) in [6.45, 7) is 5.26. The molecule has 0 bridgehead atoms. The summed E-state index contributed by atoms with van der Waals surface area (Å²) in [5.74, 6) is 0.150. The maximum absolute atomic E-state index is 12.6. The van der Waals surface area contributed by atoms with Gasteiger partial charge in [-0.25, -0.2) is 8.42 Å². The van der Waals surface area contributed by atoms with Crippen LogP contribution < -0.4 is 11.1 Å². The number of nitrogens with two attached hydrogens (primary N) is 1. The van der Waals surface area contributed by atoms with E-state index in [0.29, 0.717) is 31.0 Å². The summed E-state index contributed by atoms with van der Waals surface area (Å²) >= 11 is 0. The van der Waals surface area contributed by atoms with Crippen LogP contribution >= 0.6 is 12.4 Å². The van der Waals surface area contributed by atoms with Crippen LogP contribution in [0.4, 0.5) is 0 Å². The van der Waals surface area contributed by atoms with Gasteiger partial charge in [0.05, 0.1) is 10.4 Å². The molecule has 1 amide bonds. The largest absolute Gasteiger partial charge is 0.354 e. The van der Waals surface area contributed by atoms with Crippen molar-refractivity contribution in [2.75, 3.05) is 19.6 Å². The molecule has 1 heterocycles. The van der Waals surface area contributed by atoms with Gasteiger partial charge >= 0.3 is 0 Å². The Labute approximate surface area is 163 Å². The number of hydrogen-bond acceptors (Lipinski definition) is 4. The van der Waals surface area contributed by atoms with Crippen molar-refractivity contribution in [3.8, 4) is 0 Å². The first-order chi connectivity index (χ1) is 11.8. The number of piperidine rings is 1. The molecule has 8 heteroatoms. The molecule has 0 aromatic heterocycles. The van der Waals surface area contributed by atoms with Crippen molar-refractivity contribution in [3.63, 3.8) is 0 Å². The molecule has 26 heavy (non-hydrogen) atoms. The van der Waals surface area contributed by atoms with Crippen molar-refractivity contribution in [3.05, 3.63) is 30.3 Å². The lowest BCUT2D eigenvalue weighted by Crippen LogP contribution is -2.53. The number of rotatable bonds is 7. The van der Waals surface area contributed by atoms with E-state index in [1.165, 1.54) is 4.31 Å². The number of hydrogen-bond donors (Lipinski definition) is 2. The molecule has 3 N–H and O–H groups in total. The molecule has 1 aliphatic rings. The molecule has 1 saturated heterocycles. The lowest BCUT2D eigenvalue weighted by Gasteiger charge is -2.32. The minimum absolute atomic E-state index is 0. The molecular weight excluding hydrogens is 374 g/mol. The van der Waals surface area contributed by atoms with E-state index in [1.807, 2.05) is 6.92 Å². The lowest BCUT2D eigenvalue weighted by atomic mass is 9.94. The van der Waals surface area contributed by atoms with E-state index in [4.69, 9.17) is 5.73 Å². The van der Waals surface area contributed by atoms with Gasteiger partial charge in [-0.05, 0) is 44.2 Å². The third-order valence-corrected chi connectivity index (χ3v) is 6.71. The highest BCUT2D eigenvalue weighted by molar-refractivity contribution is 7.89. The molecule has 6 nitrogen and oxygen atoms in total. The Morgan fingerprint density at radius 2 is 1.85 bits per heavy atom. The number of nitrogens with zero attached hydrogens (tertiary/aromatic N) is 1. The van der Waals surface area contributed by atoms with Gasteiger partial charge in [0.2, 0.25) is 15.9 Å². The maximum Gasteiger partial charge on any atom is 0.243 e.